The molecule has 0 saturated heterocycles. The number of hydroxylamine groups is 1. The third-order valence-electron chi connectivity index (χ3n) is 7.91. The van der Waals surface area contributed by atoms with Crippen LogP contribution in [0, 0.1) is 0 Å². The summed E-state index contributed by atoms with van der Waals surface area (Å²) in [5, 5.41) is 12.9. The highest BCUT2D eigenvalue weighted by Gasteiger charge is 2.39. The van der Waals surface area contributed by atoms with Crippen LogP contribution in [0.25, 0.3) is 0 Å². The van der Waals surface area contributed by atoms with Crippen LogP contribution in [0.2, 0.25) is 0 Å². The number of rotatable bonds is 13. The fourth-order valence-electron chi connectivity index (χ4n) is 5.47. The van der Waals surface area contributed by atoms with E-state index in [2.05, 4.69) is 15.3 Å². The molecule has 2 N–H and O–H groups in total. The van der Waals surface area contributed by atoms with E-state index in [4.69, 9.17) is 19.4 Å². The molecule has 2 atom stereocenters. The monoisotopic (exact) mass is 752 g/mol. The molecule has 2 aromatic carbocycles. The maximum Gasteiger partial charge on any atom is 0.533 e. The molecule has 10 nitrogen and oxygen atoms in total. The fourth-order valence-corrected chi connectivity index (χ4v) is 5.47. The number of alkyl halides is 9. The molecule has 0 amide bonds. The van der Waals surface area contributed by atoms with Gasteiger partial charge in [0.15, 0.2) is 5.75 Å². The second kappa shape index (κ2) is 16.1. The molecular weight excluding hydrogens is 719 g/mol. The van der Waals surface area contributed by atoms with Gasteiger partial charge in [0, 0.05) is 18.4 Å². The lowest BCUT2D eigenvalue weighted by Gasteiger charge is -2.40. The molecule has 0 spiro atoms. The Morgan fingerprint density at radius 3 is 2.15 bits per heavy atom. The van der Waals surface area contributed by atoms with Gasteiger partial charge in [-0.1, -0.05) is 6.92 Å². The first kappa shape index (κ1) is 39.8. The van der Waals surface area contributed by atoms with Crippen LogP contribution in [0.5, 0.6) is 5.75 Å². The van der Waals surface area contributed by atoms with Crippen LogP contribution in [0.15, 0.2) is 42.6 Å². The second-order valence-corrected chi connectivity index (χ2v) is 11.7. The van der Waals surface area contributed by atoms with E-state index < -0.39 is 71.4 Å². The van der Waals surface area contributed by atoms with E-state index in [0.29, 0.717) is 18.6 Å². The van der Waals surface area contributed by atoms with Gasteiger partial charge in [0.1, 0.15) is 0 Å². The van der Waals surface area contributed by atoms with Gasteiger partial charge in [-0.3, -0.25) is 4.79 Å². The number of halogens is 9. The van der Waals surface area contributed by atoms with E-state index in [0.717, 1.165) is 29.5 Å². The Balaban J connectivity index is 1.75. The maximum atomic E-state index is 13.8. The standard InChI is InChI=1S/C33H33F9N4O6/c1-3-22-16-24(23-15-19(31(34,35)36)8-9-26(23)46(22)52-30(49)50-4-2)44-29-43-17-27(51-10-6-5-7-28(47)48)25(45-29)13-18-11-20(32(37,38)39)14-21(12-18)33(40,41)42/h8-9,11-12,14-15,17,22,24H,3-7,10,13,16H2,1-2H3,(H,47,48)(H,43,44,45)/t22-,24+/m1/s1. The summed E-state index contributed by atoms with van der Waals surface area (Å²) in [7, 11) is 0. The Hall–Kier alpha value is -4.97. The topological polar surface area (TPSA) is 123 Å². The lowest BCUT2D eigenvalue weighted by molar-refractivity contribution is -0.143. The average Bonchev–Trinajstić information content (AvgIpc) is 3.04. The number of aromatic nitrogens is 2. The van der Waals surface area contributed by atoms with E-state index >= 15 is 0 Å². The molecule has 2 heterocycles. The van der Waals surface area contributed by atoms with E-state index in [-0.39, 0.29) is 73.6 Å². The van der Waals surface area contributed by atoms with Crippen molar-refractivity contribution in [2.75, 3.05) is 23.6 Å². The summed E-state index contributed by atoms with van der Waals surface area (Å²) < 4.78 is 134. The Kier molecular flexibility index (Phi) is 12.4. The van der Waals surface area contributed by atoms with Crippen molar-refractivity contribution in [3.05, 3.63) is 76.1 Å². The number of unbranched alkanes of at least 4 members (excludes halogenated alkanes) is 1. The minimum absolute atomic E-state index is 0.0143. The molecular formula is C33H33F9N4O6. The largest absolute Gasteiger partial charge is 0.533 e. The van der Waals surface area contributed by atoms with Crippen LogP contribution < -0.4 is 15.1 Å². The molecule has 52 heavy (non-hydrogen) atoms. The maximum absolute atomic E-state index is 13.8. The van der Waals surface area contributed by atoms with Gasteiger partial charge in [0.2, 0.25) is 5.95 Å². The molecule has 3 aromatic rings. The molecule has 0 fully saturated rings. The van der Waals surface area contributed by atoms with E-state index in [1.807, 2.05) is 0 Å². The van der Waals surface area contributed by atoms with Crippen molar-refractivity contribution in [3.8, 4) is 5.75 Å². The van der Waals surface area contributed by atoms with E-state index in [1.54, 1.807) is 6.92 Å². The van der Waals surface area contributed by atoms with Crippen LogP contribution in [-0.2, 0) is 39.3 Å². The number of aliphatic carboxylic acids is 1. The first-order valence-electron chi connectivity index (χ1n) is 15.9. The number of benzene rings is 2. The van der Waals surface area contributed by atoms with Gasteiger partial charge in [-0.2, -0.15) is 44.6 Å². The molecule has 0 bridgehead atoms. The van der Waals surface area contributed by atoms with Gasteiger partial charge in [0.25, 0.3) is 0 Å². The minimum atomic E-state index is -5.12. The first-order chi connectivity index (χ1) is 24.3. The summed E-state index contributed by atoms with van der Waals surface area (Å²) in [6.07, 6.45) is -15.0. The van der Waals surface area contributed by atoms with Gasteiger partial charge in [-0.15, -0.1) is 0 Å². The molecule has 0 saturated carbocycles. The number of ether oxygens (including phenoxy) is 2. The first-order valence-corrected chi connectivity index (χ1v) is 15.9. The predicted octanol–water partition coefficient (Wildman–Crippen LogP) is 8.99. The molecule has 284 valence electrons. The van der Waals surface area contributed by atoms with Crippen molar-refractivity contribution in [1.82, 2.24) is 9.97 Å². The highest BCUT2D eigenvalue weighted by atomic mass is 19.4. The third-order valence-corrected chi connectivity index (χ3v) is 7.91. The van der Waals surface area contributed by atoms with Crippen LogP contribution in [0.3, 0.4) is 0 Å². The zero-order chi connectivity index (χ0) is 38.4. The van der Waals surface area contributed by atoms with Gasteiger partial charge in [-0.25, -0.2) is 14.8 Å². The molecule has 0 aliphatic carbocycles. The number of nitrogens with one attached hydrogen (secondary N) is 1. The summed E-state index contributed by atoms with van der Waals surface area (Å²) in [4.78, 5) is 36.9. The molecule has 1 aliphatic heterocycles. The molecule has 1 aromatic heterocycles. The zero-order valence-electron chi connectivity index (χ0n) is 27.6. The number of hydrogen-bond acceptors (Lipinski definition) is 9. The lowest BCUT2D eigenvalue weighted by Crippen LogP contribution is -2.43. The van der Waals surface area contributed by atoms with Gasteiger partial charge >= 0.3 is 30.7 Å². The summed E-state index contributed by atoms with van der Waals surface area (Å²) in [6, 6.07) is 2.23. The number of nitrogens with zero attached hydrogens (tertiary/aromatic N) is 3. The highest BCUT2D eigenvalue weighted by Crippen LogP contribution is 2.43. The molecule has 0 unspecified atom stereocenters. The molecule has 4 rings (SSSR count). The van der Waals surface area contributed by atoms with Crippen molar-refractivity contribution in [3.63, 3.8) is 0 Å². The van der Waals surface area contributed by atoms with Crippen LogP contribution >= 0.6 is 0 Å². The lowest BCUT2D eigenvalue weighted by atomic mass is 9.90. The van der Waals surface area contributed by atoms with Crippen molar-refractivity contribution in [2.45, 2.75) is 83.0 Å². The summed E-state index contributed by atoms with van der Waals surface area (Å²) in [6.45, 7) is 3.13. The predicted molar refractivity (Wildman–Crippen MR) is 165 cm³/mol. The summed E-state index contributed by atoms with van der Waals surface area (Å²) in [5.41, 5.74) is -4.63. The van der Waals surface area contributed by atoms with Gasteiger partial charge < -0.3 is 24.7 Å². The van der Waals surface area contributed by atoms with Crippen LogP contribution in [0.4, 0.5) is 55.9 Å². The third kappa shape index (κ3) is 10.3. The van der Waals surface area contributed by atoms with E-state index in [9.17, 15) is 49.1 Å². The molecule has 0 radical (unpaired) electrons. The quantitative estimate of drug-likeness (QED) is 0.0994. The number of carbonyl (C=O) groups excluding carboxylic acids is 1. The number of hydrogen-bond donors (Lipinski definition) is 2. The highest BCUT2D eigenvalue weighted by molar-refractivity contribution is 5.67. The Bertz CT molecular complexity index is 1700. The number of carboxylic acids is 1. The van der Waals surface area contributed by atoms with Crippen molar-refractivity contribution < 1.29 is 68.5 Å². The number of carbonyl (C=O) groups is 2. The number of fused-ring (bicyclic) bond motifs is 1. The summed E-state index contributed by atoms with van der Waals surface area (Å²) >= 11 is 0. The van der Waals surface area contributed by atoms with Gasteiger partial charge in [-0.05, 0) is 74.6 Å². The normalized spacial score (nSPS) is 16.2. The van der Waals surface area contributed by atoms with Gasteiger partial charge in [0.05, 0.1) is 59.6 Å². The fraction of sp³-hybridized carbons (Fsp3) is 0.455. The second-order valence-electron chi connectivity index (χ2n) is 11.7. The van der Waals surface area contributed by atoms with Crippen LogP contribution in [0.1, 0.15) is 85.5 Å². The minimum Gasteiger partial charge on any atom is -0.490 e. The van der Waals surface area contributed by atoms with Crippen molar-refractivity contribution >= 4 is 23.8 Å². The average molecular weight is 753 g/mol. The summed E-state index contributed by atoms with van der Waals surface area (Å²) in [5.74, 6) is -1.44. The number of carboxylic acid groups (broad SMARTS) is 1. The number of anilines is 2. The van der Waals surface area contributed by atoms with Crippen molar-refractivity contribution in [2.24, 2.45) is 0 Å². The smallest absolute Gasteiger partial charge is 0.490 e. The Morgan fingerprint density at radius 2 is 1.58 bits per heavy atom. The zero-order valence-corrected chi connectivity index (χ0v) is 27.6. The van der Waals surface area contributed by atoms with E-state index in [1.165, 1.54) is 6.92 Å². The Labute approximate surface area is 290 Å². The Morgan fingerprint density at radius 1 is 0.923 bits per heavy atom. The SMILES string of the molecule is CCOC(=O)ON1c2ccc(C(F)(F)F)cc2[C@@H](Nc2ncc(OCCCCC(=O)O)c(Cc3cc(C(F)(F)F)cc(C(F)(F)F)c3)n2)C[C@H]1CC. The van der Waals surface area contributed by atoms with Crippen molar-refractivity contribution in [1.29, 1.82) is 0 Å². The molecule has 19 heteroatoms. The van der Waals surface area contributed by atoms with Crippen LogP contribution in [-0.4, -0.2) is 46.5 Å². The molecule has 1 aliphatic rings.